The van der Waals surface area contributed by atoms with Gasteiger partial charge in [-0.05, 0) is 25.7 Å². The lowest BCUT2D eigenvalue weighted by Crippen LogP contribution is -2.50. The molecular formula is C15H23N3O2. The second-order valence-electron chi connectivity index (χ2n) is 6.09. The molecule has 0 unspecified atom stereocenters. The topological polar surface area (TPSA) is 49.6 Å². The van der Waals surface area contributed by atoms with Gasteiger partial charge in [0.05, 0.1) is 12.1 Å². The van der Waals surface area contributed by atoms with E-state index in [0.29, 0.717) is 12.2 Å². The predicted octanol–water partition coefficient (Wildman–Crippen LogP) is 1.47. The van der Waals surface area contributed by atoms with Crippen molar-refractivity contribution in [3.63, 3.8) is 0 Å². The van der Waals surface area contributed by atoms with Gasteiger partial charge in [0, 0.05) is 38.8 Å². The van der Waals surface area contributed by atoms with Crippen LogP contribution in [0.4, 0.5) is 0 Å². The number of aryl methyl sites for hydroxylation is 1. The summed E-state index contributed by atoms with van der Waals surface area (Å²) in [5.74, 6) is 1.74. The lowest BCUT2D eigenvalue weighted by Gasteiger charge is -2.38. The van der Waals surface area contributed by atoms with Crippen molar-refractivity contribution < 1.29 is 9.32 Å². The Hall–Kier alpha value is -1.36. The zero-order chi connectivity index (χ0) is 13.9. The van der Waals surface area contributed by atoms with Crippen molar-refractivity contribution in [2.75, 3.05) is 32.7 Å². The second kappa shape index (κ2) is 5.95. The van der Waals surface area contributed by atoms with E-state index in [4.69, 9.17) is 4.52 Å². The van der Waals surface area contributed by atoms with Gasteiger partial charge in [0.15, 0.2) is 0 Å². The minimum Gasteiger partial charge on any atom is -0.361 e. The largest absolute Gasteiger partial charge is 0.361 e. The summed E-state index contributed by atoms with van der Waals surface area (Å²) in [5.41, 5.74) is 0.832. The molecule has 0 spiro atoms. The SMILES string of the molecule is Cc1cc(CC(=O)N2CCN(CC3CCC3)CC2)on1. The molecule has 0 bridgehead atoms. The highest BCUT2D eigenvalue weighted by atomic mass is 16.5. The van der Waals surface area contributed by atoms with Crippen LogP contribution in [0.2, 0.25) is 0 Å². The summed E-state index contributed by atoms with van der Waals surface area (Å²) < 4.78 is 5.11. The molecule has 0 radical (unpaired) electrons. The summed E-state index contributed by atoms with van der Waals surface area (Å²) in [4.78, 5) is 16.7. The predicted molar refractivity (Wildman–Crippen MR) is 75.3 cm³/mol. The Morgan fingerprint density at radius 2 is 2.10 bits per heavy atom. The molecule has 3 rings (SSSR count). The van der Waals surface area contributed by atoms with Crippen LogP contribution in [0.1, 0.15) is 30.7 Å². The van der Waals surface area contributed by atoms with Gasteiger partial charge in [-0.3, -0.25) is 9.69 Å². The zero-order valence-electron chi connectivity index (χ0n) is 12.2. The van der Waals surface area contributed by atoms with Gasteiger partial charge in [-0.2, -0.15) is 0 Å². The van der Waals surface area contributed by atoms with E-state index in [1.165, 1.54) is 25.8 Å². The molecule has 2 aliphatic rings. The van der Waals surface area contributed by atoms with Gasteiger partial charge in [-0.1, -0.05) is 11.6 Å². The molecule has 110 valence electrons. The second-order valence-corrected chi connectivity index (χ2v) is 6.09. The van der Waals surface area contributed by atoms with Gasteiger partial charge >= 0.3 is 0 Å². The highest BCUT2D eigenvalue weighted by molar-refractivity contribution is 5.78. The molecule has 1 amide bonds. The molecule has 1 aliphatic heterocycles. The smallest absolute Gasteiger partial charge is 0.230 e. The lowest BCUT2D eigenvalue weighted by atomic mass is 9.85. The van der Waals surface area contributed by atoms with E-state index >= 15 is 0 Å². The van der Waals surface area contributed by atoms with Crippen LogP contribution in [0.25, 0.3) is 0 Å². The summed E-state index contributed by atoms with van der Waals surface area (Å²) in [5, 5.41) is 3.82. The van der Waals surface area contributed by atoms with Crippen molar-refractivity contribution in [1.29, 1.82) is 0 Å². The molecule has 2 fully saturated rings. The van der Waals surface area contributed by atoms with E-state index in [0.717, 1.165) is 37.8 Å². The maximum atomic E-state index is 12.2. The third kappa shape index (κ3) is 3.20. The number of piperazine rings is 1. The number of hydrogen-bond donors (Lipinski definition) is 0. The number of carbonyl (C=O) groups is 1. The third-order valence-corrected chi connectivity index (χ3v) is 4.47. The third-order valence-electron chi connectivity index (χ3n) is 4.47. The molecule has 0 atom stereocenters. The first kappa shape index (κ1) is 13.6. The van der Waals surface area contributed by atoms with Gasteiger partial charge in [0.2, 0.25) is 5.91 Å². The minimum atomic E-state index is 0.157. The molecule has 20 heavy (non-hydrogen) atoms. The molecule has 1 aromatic heterocycles. The van der Waals surface area contributed by atoms with Crippen LogP contribution >= 0.6 is 0 Å². The van der Waals surface area contributed by atoms with E-state index in [9.17, 15) is 4.79 Å². The van der Waals surface area contributed by atoms with Crippen LogP contribution < -0.4 is 0 Å². The zero-order valence-corrected chi connectivity index (χ0v) is 12.2. The van der Waals surface area contributed by atoms with E-state index in [1.54, 1.807) is 0 Å². The van der Waals surface area contributed by atoms with E-state index in [-0.39, 0.29) is 5.91 Å². The minimum absolute atomic E-state index is 0.157. The molecular weight excluding hydrogens is 254 g/mol. The van der Waals surface area contributed by atoms with E-state index in [1.807, 2.05) is 17.9 Å². The fourth-order valence-corrected chi connectivity index (χ4v) is 2.98. The summed E-state index contributed by atoms with van der Waals surface area (Å²) in [6.07, 6.45) is 4.52. The van der Waals surface area contributed by atoms with Gasteiger partial charge in [-0.25, -0.2) is 0 Å². The first-order chi connectivity index (χ1) is 9.70. The molecule has 5 heteroatoms. The quantitative estimate of drug-likeness (QED) is 0.836. The highest BCUT2D eigenvalue weighted by Crippen LogP contribution is 2.27. The molecule has 2 heterocycles. The van der Waals surface area contributed by atoms with E-state index < -0.39 is 0 Å². The van der Waals surface area contributed by atoms with Crippen LogP contribution in [0, 0.1) is 12.8 Å². The number of carbonyl (C=O) groups excluding carboxylic acids is 1. The number of hydrogen-bond acceptors (Lipinski definition) is 4. The summed E-state index contributed by atoms with van der Waals surface area (Å²) in [6.45, 7) is 6.81. The fourth-order valence-electron chi connectivity index (χ4n) is 2.98. The number of amides is 1. The molecule has 1 saturated heterocycles. The maximum absolute atomic E-state index is 12.2. The Morgan fingerprint density at radius 1 is 1.35 bits per heavy atom. The standard InChI is InChI=1S/C15H23N3O2/c1-12-9-14(20-16-12)10-15(19)18-7-5-17(6-8-18)11-13-3-2-4-13/h9,13H,2-8,10-11H2,1H3. The Morgan fingerprint density at radius 3 is 2.65 bits per heavy atom. The average Bonchev–Trinajstić information content (AvgIpc) is 2.80. The Bertz CT molecular complexity index is 459. The van der Waals surface area contributed by atoms with Gasteiger partial charge in [0.25, 0.3) is 0 Å². The normalized spacial score (nSPS) is 20.9. The summed E-state index contributed by atoms with van der Waals surface area (Å²) in [6, 6.07) is 1.84. The van der Waals surface area contributed by atoms with Crippen molar-refractivity contribution in [1.82, 2.24) is 15.0 Å². The van der Waals surface area contributed by atoms with Gasteiger partial charge in [0.1, 0.15) is 5.76 Å². The molecule has 0 N–H and O–H groups in total. The lowest BCUT2D eigenvalue weighted by molar-refractivity contribution is -0.132. The van der Waals surface area contributed by atoms with Crippen LogP contribution in [0.3, 0.4) is 0 Å². The van der Waals surface area contributed by atoms with Crippen molar-refractivity contribution in [3.8, 4) is 0 Å². The number of nitrogens with zero attached hydrogens (tertiary/aromatic N) is 3. The Labute approximate surface area is 119 Å². The van der Waals surface area contributed by atoms with Crippen molar-refractivity contribution in [2.45, 2.75) is 32.6 Å². The van der Waals surface area contributed by atoms with E-state index in [2.05, 4.69) is 10.1 Å². The van der Waals surface area contributed by atoms with Gasteiger partial charge < -0.3 is 9.42 Å². The maximum Gasteiger partial charge on any atom is 0.230 e. The van der Waals surface area contributed by atoms with Gasteiger partial charge in [-0.15, -0.1) is 0 Å². The average molecular weight is 277 g/mol. The Kier molecular flexibility index (Phi) is 4.05. The van der Waals surface area contributed by atoms with Crippen molar-refractivity contribution in [3.05, 3.63) is 17.5 Å². The van der Waals surface area contributed by atoms with Crippen LogP contribution in [0.5, 0.6) is 0 Å². The summed E-state index contributed by atoms with van der Waals surface area (Å²) >= 11 is 0. The molecule has 1 saturated carbocycles. The van der Waals surface area contributed by atoms with Crippen molar-refractivity contribution in [2.24, 2.45) is 5.92 Å². The first-order valence-electron chi connectivity index (χ1n) is 7.63. The molecule has 0 aromatic carbocycles. The molecule has 5 nitrogen and oxygen atoms in total. The van der Waals surface area contributed by atoms with Crippen LogP contribution in [-0.2, 0) is 11.2 Å². The number of aromatic nitrogens is 1. The molecule has 1 aromatic rings. The highest BCUT2D eigenvalue weighted by Gasteiger charge is 2.25. The fraction of sp³-hybridized carbons (Fsp3) is 0.733. The first-order valence-corrected chi connectivity index (χ1v) is 7.63. The van der Waals surface area contributed by atoms with Crippen LogP contribution in [0.15, 0.2) is 10.6 Å². The summed E-state index contributed by atoms with van der Waals surface area (Å²) in [7, 11) is 0. The monoisotopic (exact) mass is 277 g/mol. The number of rotatable bonds is 4. The van der Waals surface area contributed by atoms with Crippen LogP contribution in [-0.4, -0.2) is 53.6 Å². The Balaban J connectivity index is 1.43. The van der Waals surface area contributed by atoms with Crippen molar-refractivity contribution >= 4 is 5.91 Å². The molecule has 1 aliphatic carbocycles.